The van der Waals surface area contributed by atoms with E-state index in [0.717, 1.165) is 37.3 Å². The highest BCUT2D eigenvalue weighted by Gasteiger charge is 2.32. The van der Waals surface area contributed by atoms with Crippen LogP contribution in [0.1, 0.15) is 37.2 Å². The number of amides is 1. The van der Waals surface area contributed by atoms with Crippen LogP contribution in [0.15, 0.2) is 16.5 Å². The number of hydrogen-bond acceptors (Lipinski definition) is 3. The summed E-state index contributed by atoms with van der Waals surface area (Å²) < 4.78 is 5.56. The molecular weight excluding hydrogens is 228 g/mol. The number of carbonyl (C=O) groups excluding carboxylic acids is 1. The molecule has 4 nitrogen and oxygen atoms in total. The predicted molar refractivity (Wildman–Crippen MR) is 70.2 cm³/mol. The highest BCUT2D eigenvalue weighted by molar-refractivity contribution is 5.76. The largest absolute Gasteiger partial charge is 0.464 e. The summed E-state index contributed by atoms with van der Waals surface area (Å²) >= 11 is 0. The standard InChI is InChI=1S/C14H22N2O2/c1-11-5-8-13(18-11)10-16(12-6-7-12)14(17)4-3-9-15-2/h5,8,12,15H,3-4,6-7,9-10H2,1-2H3. The van der Waals surface area contributed by atoms with Crippen LogP contribution in [0.4, 0.5) is 0 Å². The number of carbonyl (C=O) groups is 1. The molecule has 1 aromatic heterocycles. The van der Waals surface area contributed by atoms with Crippen molar-refractivity contribution in [1.82, 2.24) is 10.2 Å². The first-order valence-electron chi connectivity index (χ1n) is 6.70. The Kier molecular flexibility index (Phi) is 4.42. The molecule has 18 heavy (non-hydrogen) atoms. The first-order chi connectivity index (χ1) is 8.70. The molecule has 1 N–H and O–H groups in total. The van der Waals surface area contributed by atoms with E-state index in [2.05, 4.69) is 5.32 Å². The molecule has 1 saturated carbocycles. The van der Waals surface area contributed by atoms with Gasteiger partial charge in [-0.25, -0.2) is 0 Å². The Hall–Kier alpha value is -1.29. The molecule has 1 fully saturated rings. The minimum atomic E-state index is 0.252. The van der Waals surface area contributed by atoms with Crippen molar-refractivity contribution in [2.24, 2.45) is 0 Å². The molecule has 2 rings (SSSR count). The van der Waals surface area contributed by atoms with Crippen LogP contribution in [0.25, 0.3) is 0 Å². The molecule has 1 aliphatic rings. The van der Waals surface area contributed by atoms with E-state index in [1.165, 1.54) is 0 Å². The average Bonchev–Trinajstić information content (AvgIpc) is 3.10. The molecule has 1 aliphatic carbocycles. The summed E-state index contributed by atoms with van der Waals surface area (Å²) in [4.78, 5) is 14.1. The van der Waals surface area contributed by atoms with Crippen molar-refractivity contribution in [3.8, 4) is 0 Å². The van der Waals surface area contributed by atoms with Gasteiger partial charge in [0.15, 0.2) is 0 Å². The van der Waals surface area contributed by atoms with Gasteiger partial charge < -0.3 is 14.6 Å². The normalized spacial score (nSPS) is 14.8. The quantitative estimate of drug-likeness (QED) is 0.754. The van der Waals surface area contributed by atoms with Crippen LogP contribution >= 0.6 is 0 Å². The first kappa shape index (κ1) is 13.1. The van der Waals surface area contributed by atoms with Crippen LogP contribution in [0.5, 0.6) is 0 Å². The monoisotopic (exact) mass is 250 g/mol. The third-order valence-corrected chi connectivity index (χ3v) is 3.25. The number of furan rings is 1. The fourth-order valence-corrected chi connectivity index (χ4v) is 2.11. The van der Waals surface area contributed by atoms with E-state index in [4.69, 9.17) is 4.42 Å². The summed E-state index contributed by atoms with van der Waals surface area (Å²) in [5.41, 5.74) is 0. The molecule has 1 aromatic rings. The Bertz CT molecular complexity index is 396. The zero-order valence-corrected chi connectivity index (χ0v) is 11.2. The number of hydrogen-bond donors (Lipinski definition) is 1. The van der Waals surface area contributed by atoms with Crippen LogP contribution in [0.2, 0.25) is 0 Å². The summed E-state index contributed by atoms with van der Waals surface area (Å²) in [7, 11) is 1.91. The van der Waals surface area contributed by atoms with Crippen LogP contribution in [-0.4, -0.2) is 30.4 Å². The molecule has 0 unspecified atom stereocenters. The van der Waals surface area contributed by atoms with Gasteiger partial charge in [-0.1, -0.05) is 0 Å². The van der Waals surface area contributed by atoms with Gasteiger partial charge in [0.1, 0.15) is 11.5 Å². The van der Waals surface area contributed by atoms with E-state index >= 15 is 0 Å². The summed E-state index contributed by atoms with van der Waals surface area (Å²) in [5.74, 6) is 2.05. The van der Waals surface area contributed by atoms with Crippen molar-refractivity contribution < 1.29 is 9.21 Å². The summed E-state index contributed by atoms with van der Waals surface area (Å²) in [5, 5.41) is 3.07. The van der Waals surface area contributed by atoms with Crippen LogP contribution in [0, 0.1) is 6.92 Å². The van der Waals surface area contributed by atoms with Gasteiger partial charge in [-0.15, -0.1) is 0 Å². The highest BCUT2D eigenvalue weighted by atomic mass is 16.3. The molecular formula is C14H22N2O2. The third-order valence-electron chi connectivity index (χ3n) is 3.25. The van der Waals surface area contributed by atoms with Crippen LogP contribution in [0.3, 0.4) is 0 Å². The second-order valence-corrected chi connectivity index (χ2v) is 4.97. The van der Waals surface area contributed by atoms with Crippen molar-refractivity contribution in [2.45, 2.75) is 45.2 Å². The molecule has 0 aliphatic heterocycles. The minimum absolute atomic E-state index is 0.252. The average molecular weight is 250 g/mol. The fourth-order valence-electron chi connectivity index (χ4n) is 2.11. The number of nitrogens with one attached hydrogen (secondary N) is 1. The number of nitrogens with zero attached hydrogens (tertiary/aromatic N) is 1. The van der Waals surface area contributed by atoms with E-state index in [1.807, 2.05) is 31.0 Å². The maximum atomic E-state index is 12.2. The SMILES string of the molecule is CNCCCC(=O)N(Cc1ccc(C)o1)C1CC1. The van der Waals surface area contributed by atoms with Gasteiger partial charge in [-0.2, -0.15) is 0 Å². The number of rotatable bonds is 7. The lowest BCUT2D eigenvalue weighted by molar-refractivity contribution is -0.132. The van der Waals surface area contributed by atoms with Crippen molar-refractivity contribution in [3.05, 3.63) is 23.7 Å². The molecule has 0 radical (unpaired) electrons. The van der Waals surface area contributed by atoms with E-state index in [0.29, 0.717) is 19.0 Å². The minimum Gasteiger partial charge on any atom is -0.464 e. The van der Waals surface area contributed by atoms with Gasteiger partial charge in [0, 0.05) is 12.5 Å². The predicted octanol–water partition coefficient (Wildman–Crippen LogP) is 2.08. The van der Waals surface area contributed by atoms with E-state index in [1.54, 1.807) is 0 Å². The topological polar surface area (TPSA) is 45.5 Å². The summed E-state index contributed by atoms with van der Waals surface area (Å²) in [6.07, 6.45) is 3.79. The van der Waals surface area contributed by atoms with E-state index in [9.17, 15) is 4.79 Å². The lowest BCUT2D eigenvalue weighted by atomic mass is 10.2. The maximum absolute atomic E-state index is 12.2. The third kappa shape index (κ3) is 3.60. The van der Waals surface area contributed by atoms with Crippen LogP contribution in [-0.2, 0) is 11.3 Å². The molecule has 0 atom stereocenters. The highest BCUT2D eigenvalue weighted by Crippen LogP contribution is 2.29. The fraction of sp³-hybridized carbons (Fsp3) is 0.643. The maximum Gasteiger partial charge on any atom is 0.223 e. The molecule has 0 saturated heterocycles. The lowest BCUT2D eigenvalue weighted by Crippen LogP contribution is -2.32. The number of aryl methyl sites for hydroxylation is 1. The van der Waals surface area contributed by atoms with E-state index in [-0.39, 0.29) is 5.91 Å². The van der Waals surface area contributed by atoms with E-state index < -0.39 is 0 Å². The van der Waals surface area contributed by atoms with Crippen molar-refractivity contribution >= 4 is 5.91 Å². The molecule has 1 amide bonds. The van der Waals surface area contributed by atoms with Crippen molar-refractivity contribution in [1.29, 1.82) is 0 Å². The molecule has 100 valence electrons. The Morgan fingerprint density at radius 1 is 1.50 bits per heavy atom. The summed E-state index contributed by atoms with van der Waals surface area (Å²) in [6.45, 7) is 3.45. The van der Waals surface area contributed by atoms with Crippen molar-refractivity contribution in [3.63, 3.8) is 0 Å². The first-order valence-corrected chi connectivity index (χ1v) is 6.70. The zero-order chi connectivity index (χ0) is 13.0. The molecule has 0 spiro atoms. The second-order valence-electron chi connectivity index (χ2n) is 4.97. The van der Waals surface area contributed by atoms with Gasteiger partial charge in [0.05, 0.1) is 6.54 Å². The van der Waals surface area contributed by atoms with Gasteiger partial charge in [0.25, 0.3) is 0 Å². The lowest BCUT2D eigenvalue weighted by Gasteiger charge is -2.21. The Labute approximate surface area is 108 Å². The van der Waals surface area contributed by atoms with Crippen molar-refractivity contribution in [2.75, 3.05) is 13.6 Å². The van der Waals surface area contributed by atoms with Gasteiger partial charge in [-0.3, -0.25) is 4.79 Å². The van der Waals surface area contributed by atoms with Gasteiger partial charge in [-0.05, 0) is 51.9 Å². The Morgan fingerprint density at radius 3 is 2.83 bits per heavy atom. The zero-order valence-electron chi connectivity index (χ0n) is 11.2. The van der Waals surface area contributed by atoms with Gasteiger partial charge >= 0.3 is 0 Å². The Balaban J connectivity index is 1.89. The molecule has 1 heterocycles. The second kappa shape index (κ2) is 6.05. The molecule has 0 bridgehead atoms. The molecule has 0 aromatic carbocycles. The smallest absolute Gasteiger partial charge is 0.223 e. The van der Waals surface area contributed by atoms with Gasteiger partial charge in [0.2, 0.25) is 5.91 Å². The molecule has 4 heteroatoms. The van der Waals surface area contributed by atoms with Crippen LogP contribution < -0.4 is 5.32 Å². The Morgan fingerprint density at radius 2 is 2.28 bits per heavy atom. The summed E-state index contributed by atoms with van der Waals surface area (Å²) in [6, 6.07) is 4.36.